The van der Waals surface area contributed by atoms with Crippen molar-refractivity contribution in [3.63, 3.8) is 0 Å². The zero-order valence-electron chi connectivity index (χ0n) is 21.4. The molecule has 3 rings (SSSR count). The molecule has 0 N–H and O–H groups in total. The van der Waals surface area contributed by atoms with Crippen LogP contribution >= 0.6 is 0 Å². The van der Waals surface area contributed by atoms with Gasteiger partial charge in [0.15, 0.2) is 13.2 Å². The molecule has 0 aromatic heterocycles. The molecule has 0 unspecified atom stereocenters. The van der Waals surface area contributed by atoms with Crippen LogP contribution in [0.15, 0.2) is 42.5 Å². The number of hydrogen-bond donors (Lipinski definition) is 0. The van der Waals surface area contributed by atoms with E-state index in [2.05, 4.69) is 19.1 Å². The van der Waals surface area contributed by atoms with Crippen LogP contribution < -0.4 is 9.47 Å². The lowest BCUT2D eigenvalue weighted by atomic mass is 9.97. The Morgan fingerprint density at radius 3 is 1.69 bits per heavy atom. The van der Waals surface area contributed by atoms with E-state index in [9.17, 15) is 9.59 Å². The molecule has 0 aliphatic carbocycles. The van der Waals surface area contributed by atoms with Crippen LogP contribution in [-0.2, 0) is 25.5 Å². The van der Waals surface area contributed by atoms with Gasteiger partial charge in [0.1, 0.15) is 11.5 Å². The predicted octanol–water partition coefficient (Wildman–Crippen LogP) is 6.10. The van der Waals surface area contributed by atoms with E-state index in [0.29, 0.717) is 24.7 Å². The van der Waals surface area contributed by atoms with E-state index >= 15 is 0 Å². The van der Waals surface area contributed by atoms with Gasteiger partial charge in [0.25, 0.3) is 0 Å². The van der Waals surface area contributed by atoms with Crippen molar-refractivity contribution in [2.75, 3.05) is 26.4 Å². The normalized spacial score (nSPS) is 11.3. The maximum atomic E-state index is 12.3. The second kappa shape index (κ2) is 12.4. The first kappa shape index (κ1) is 26.3. The van der Waals surface area contributed by atoms with Crippen molar-refractivity contribution < 1.29 is 28.5 Å². The molecule has 0 saturated heterocycles. The Balaban J connectivity index is 2.01. The number of hydrogen-bond acceptors (Lipinski definition) is 6. The van der Waals surface area contributed by atoms with Crippen LogP contribution in [0.1, 0.15) is 46.6 Å². The van der Waals surface area contributed by atoms with Crippen molar-refractivity contribution >= 4 is 33.5 Å². The van der Waals surface area contributed by atoms with Crippen molar-refractivity contribution in [3.05, 3.63) is 48.0 Å². The topological polar surface area (TPSA) is 71.1 Å². The van der Waals surface area contributed by atoms with Gasteiger partial charge in [0, 0.05) is 21.5 Å². The molecular formula is C29H36O6. The number of benzene rings is 3. The molecule has 0 aliphatic heterocycles. The van der Waals surface area contributed by atoms with Crippen LogP contribution in [0.3, 0.4) is 0 Å². The van der Waals surface area contributed by atoms with Crippen molar-refractivity contribution in [1.82, 2.24) is 0 Å². The predicted molar refractivity (Wildman–Crippen MR) is 138 cm³/mol. The molecule has 0 atom stereocenters. The van der Waals surface area contributed by atoms with Crippen LogP contribution in [0.25, 0.3) is 21.5 Å². The molecule has 6 nitrogen and oxygen atoms in total. The van der Waals surface area contributed by atoms with E-state index in [1.807, 2.05) is 58.0 Å². The summed E-state index contributed by atoms with van der Waals surface area (Å²) in [6.07, 6.45) is 1.91. The number of carbonyl (C=O) groups is 2. The number of carbonyl (C=O) groups excluding carboxylic acids is 2. The van der Waals surface area contributed by atoms with Gasteiger partial charge in [-0.25, -0.2) is 9.59 Å². The first-order valence-electron chi connectivity index (χ1n) is 12.3. The molecule has 3 aromatic rings. The van der Waals surface area contributed by atoms with Gasteiger partial charge >= 0.3 is 11.9 Å². The fraction of sp³-hybridized carbons (Fsp3) is 0.448. The number of esters is 2. The minimum absolute atomic E-state index is 0.189. The standard InChI is InChI=1S/C29H36O6/c1-6-9-21-12-13-24-25(14-21)29(35-18-27(31)33-16-20(4)5)23-11-8-7-10-22(23)28(24)34-17-26(30)32-15-19(2)3/h7-8,10-14,19-20H,6,9,15-18H2,1-5H3. The Morgan fingerprint density at radius 2 is 1.20 bits per heavy atom. The second-order valence-electron chi connectivity index (χ2n) is 9.56. The molecule has 0 amide bonds. The highest BCUT2D eigenvalue weighted by Crippen LogP contribution is 2.43. The molecule has 35 heavy (non-hydrogen) atoms. The van der Waals surface area contributed by atoms with Crippen LogP contribution in [0.4, 0.5) is 0 Å². The highest BCUT2D eigenvalue weighted by molar-refractivity contribution is 6.11. The van der Waals surface area contributed by atoms with Crippen molar-refractivity contribution in [1.29, 1.82) is 0 Å². The summed E-state index contributed by atoms with van der Waals surface area (Å²) < 4.78 is 22.7. The number of fused-ring (bicyclic) bond motifs is 2. The maximum absolute atomic E-state index is 12.3. The summed E-state index contributed by atoms with van der Waals surface area (Å²) in [5.74, 6) is 0.877. The van der Waals surface area contributed by atoms with Crippen LogP contribution in [0, 0.1) is 11.8 Å². The Bertz CT molecular complexity index is 1160. The minimum Gasteiger partial charge on any atom is -0.481 e. The third-order valence-corrected chi connectivity index (χ3v) is 5.35. The lowest BCUT2D eigenvalue weighted by Crippen LogP contribution is -2.18. The summed E-state index contributed by atoms with van der Waals surface area (Å²) in [4.78, 5) is 24.6. The van der Waals surface area contributed by atoms with Crippen LogP contribution in [-0.4, -0.2) is 38.4 Å². The molecule has 0 heterocycles. The zero-order chi connectivity index (χ0) is 25.4. The van der Waals surface area contributed by atoms with Crippen LogP contribution in [0.2, 0.25) is 0 Å². The Morgan fingerprint density at radius 1 is 0.714 bits per heavy atom. The van der Waals surface area contributed by atoms with Gasteiger partial charge in [0.05, 0.1) is 13.2 Å². The van der Waals surface area contributed by atoms with Gasteiger partial charge in [-0.15, -0.1) is 0 Å². The lowest BCUT2D eigenvalue weighted by molar-refractivity contribution is -0.147. The minimum atomic E-state index is -0.410. The quantitative estimate of drug-likeness (QED) is 0.230. The molecule has 0 saturated carbocycles. The zero-order valence-corrected chi connectivity index (χ0v) is 21.4. The Hall–Kier alpha value is -3.28. The fourth-order valence-corrected chi connectivity index (χ4v) is 3.77. The number of aryl methyl sites for hydroxylation is 1. The molecule has 0 radical (unpaired) electrons. The van der Waals surface area contributed by atoms with Crippen molar-refractivity contribution in [2.45, 2.75) is 47.5 Å². The third kappa shape index (κ3) is 7.10. The molecule has 0 fully saturated rings. The number of ether oxygens (including phenoxy) is 4. The Labute approximate surface area is 207 Å². The molecule has 3 aromatic carbocycles. The lowest BCUT2D eigenvalue weighted by Gasteiger charge is -2.18. The summed E-state index contributed by atoms with van der Waals surface area (Å²) in [6, 6.07) is 13.8. The average molecular weight is 481 g/mol. The van der Waals surface area contributed by atoms with Gasteiger partial charge < -0.3 is 18.9 Å². The Kier molecular flexibility index (Phi) is 9.35. The number of rotatable bonds is 12. The summed E-state index contributed by atoms with van der Waals surface area (Å²) in [5.41, 5.74) is 1.16. The van der Waals surface area contributed by atoms with Gasteiger partial charge in [0.2, 0.25) is 0 Å². The molecular weight excluding hydrogens is 444 g/mol. The largest absolute Gasteiger partial charge is 0.481 e. The van der Waals surface area contributed by atoms with Crippen molar-refractivity contribution in [2.24, 2.45) is 11.8 Å². The molecule has 188 valence electrons. The van der Waals surface area contributed by atoms with E-state index in [1.165, 1.54) is 0 Å². The summed E-state index contributed by atoms with van der Waals surface area (Å²) in [7, 11) is 0. The highest BCUT2D eigenvalue weighted by atomic mass is 16.6. The molecule has 0 spiro atoms. The van der Waals surface area contributed by atoms with Crippen LogP contribution in [0.5, 0.6) is 11.5 Å². The smallest absolute Gasteiger partial charge is 0.344 e. The van der Waals surface area contributed by atoms with E-state index in [-0.39, 0.29) is 25.0 Å². The fourth-order valence-electron chi connectivity index (χ4n) is 3.77. The van der Waals surface area contributed by atoms with Gasteiger partial charge in [-0.2, -0.15) is 0 Å². The molecule has 6 heteroatoms. The summed E-state index contributed by atoms with van der Waals surface area (Å²) in [6.45, 7) is 10.4. The highest BCUT2D eigenvalue weighted by Gasteiger charge is 2.19. The van der Waals surface area contributed by atoms with Gasteiger partial charge in [-0.3, -0.25) is 0 Å². The summed E-state index contributed by atoms with van der Waals surface area (Å²) in [5, 5.41) is 3.24. The monoisotopic (exact) mass is 480 g/mol. The first-order valence-corrected chi connectivity index (χ1v) is 12.3. The van der Waals surface area contributed by atoms with Gasteiger partial charge in [-0.05, 0) is 29.9 Å². The second-order valence-corrected chi connectivity index (χ2v) is 9.56. The van der Waals surface area contributed by atoms with Gasteiger partial charge in [-0.1, -0.05) is 77.4 Å². The molecule has 0 bridgehead atoms. The average Bonchev–Trinajstić information content (AvgIpc) is 2.83. The van der Waals surface area contributed by atoms with E-state index in [4.69, 9.17) is 18.9 Å². The maximum Gasteiger partial charge on any atom is 0.344 e. The van der Waals surface area contributed by atoms with E-state index in [1.54, 1.807) is 0 Å². The molecule has 0 aliphatic rings. The van der Waals surface area contributed by atoms with E-state index in [0.717, 1.165) is 39.9 Å². The van der Waals surface area contributed by atoms with Crippen molar-refractivity contribution in [3.8, 4) is 11.5 Å². The first-order chi connectivity index (χ1) is 16.8. The third-order valence-electron chi connectivity index (χ3n) is 5.35. The SMILES string of the molecule is CCCc1ccc2c(OCC(=O)OCC(C)C)c3ccccc3c(OCC(=O)OCC(C)C)c2c1. The van der Waals surface area contributed by atoms with E-state index < -0.39 is 11.9 Å². The summed E-state index contributed by atoms with van der Waals surface area (Å²) >= 11 is 0.